The summed E-state index contributed by atoms with van der Waals surface area (Å²) in [6, 6.07) is 11.2. The van der Waals surface area contributed by atoms with Gasteiger partial charge in [-0.15, -0.1) is 0 Å². The first-order valence-corrected chi connectivity index (χ1v) is 8.87. The minimum absolute atomic E-state index is 0.121. The zero-order valence-corrected chi connectivity index (χ0v) is 14.8. The maximum absolute atomic E-state index is 11.8. The standard InChI is InChI=1S/C19H31N3O/c1-4-16(2)19(23)20-11-8-12-22-14-13-21(3)15-18(22)17-9-6-5-7-10-17/h5-7,9-10,16,18H,4,8,11-15H2,1-3H3,(H,20,23)/t16-,18+/m0/s1. The van der Waals surface area contributed by atoms with Gasteiger partial charge in [0.15, 0.2) is 0 Å². The van der Waals surface area contributed by atoms with Gasteiger partial charge in [0, 0.05) is 44.7 Å². The van der Waals surface area contributed by atoms with Crippen LogP contribution in [0.1, 0.15) is 38.3 Å². The van der Waals surface area contributed by atoms with E-state index in [-0.39, 0.29) is 11.8 Å². The van der Waals surface area contributed by atoms with E-state index in [9.17, 15) is 4.79 Å². The molecule has 0 aromatic heterocycles. The highest BCUT2D eigenvalue weighted by atomic mass is 16.1. The molecule has 1 N–H and O–H groups in total. The lowest BCUT2D eigenvalue weighted by molar-refractivity contribution is -0.124. The van der Waals surface area contributed by atoms with Crippen LogP contribution >= 0.6 is 0 Å². The minimum atomic E-state index is 0.121. The molecule has 1 saturated heterocycles. The molecule has 1 aliphatic heterocycles. The molecule has 128 valence electrons. The zero-order valence-electron chi connectivity index (χ0n) is 14.8. The van der Waals surface area contributed by atoms with E-state index < -0.39 is 0 Å². The third-order valence-corrected chi connectivity index (χ3v) is 4.86. The third-order valence-electron chi connectivity index (χ3n) is 4.86. The molecule has 1 aromatic rings. The molecule has 4 heteroatoms. The van der Waals surface area contributed by atoms with Crippen molar-refractivity contribution in [3.63, 3.8) is 0 Å². The van der Waals surface area contributed by atoms with Crippen LogP contribution in [0.4, 0.5) is 0 Å². The molecule has 1 amide bonds. The second-order valence-electron chi connectivity index (χ2n) is 6.68. The van der Waals surface area contributed by atoms with E-state index in [1.807, 2.05) is 6.92 Å². The average molecular weight is 317 g/mol. The summed E-state index contributed by atoms with van der Waals surface area (Å²) in [5.41, 5.74) is 1.39. The topological polar surface area (TPSA) is 35.6 Å². The second kappa shape index (κ2) is 9.04. The normalized spacial score (nSPS) is 21.1. The van der Waals surface area contributed by atoms with Crippen molar-refractivity contribution in [3.8, 4) is 0 Å². The van der Waals surface area contributed by atoms with Gasteiger partial charge in [-0.2, -0.15) is 0 Å². The summed E-state index contributed by atoms with van der Waals surface area (Å²) >= 11 is 0. The molecular formula is C19H31N3O. The van der Waals surface area contributed by atoms with E-state index in [0.717, 1.165) is 45.6 Å². The number of amides is 1. The van der Waals surface area contributed by atoms with Crippen molar-refractivity contribution in [1.29, 1.82) is 0 Å². The molecule has 2 atom stereocenters. The summed E-state index contributed by atoms with van der Waals surface area (Å²) in [4.78, 5) is 16.8. The lowest BCUT2D eigenvalue weighted by Crippen LogP contribution is -2.47. The maximum atomic E-state index is 11.8. The van der Waals surface area contributed by atoms with Crippen molar-refractivity contribution in [2.24, 2.45) is 5.92 Å². The van der Waals surface area contributed by atoms with E-state index in [1.165, 1.54) is 5.56 Å². The Bertz CT molecular complexity index is 477. The van der Waals surface area contributed by atoms with Gasteiger partial charge in [-0.1, -0.05) is 44.2 Å². The number of hydrogen-bond donors (Lipinski definition) is 1. The highest BCUT2D eigenvalue weighted by Crippen LogP contribution is 2.24. The Morgan fingerprint density at radius 3 is 2.74 bits per heavy atom. The smallest absolute Gasteiger partial charge is 0.222 e. The molecule has 23 heavy (non-hydrogen) atoms. The van der Waals surface area contributed by atoms with Gasteiger partial charge in [0.2, 0.25) is 5.91 Å². The number of piperazine rings is 1. The van der Waals surface area contributed by atoms with Crippen LogP contribution in [0.15, 0.2) is 30.3 Å². The maximum Gasteiger partial charge on any atom is 0.222 e. The average Bonchev–Trinajstić information content (AvgIpc) is 2.59. The van der Waals surface area contributed by atoms with Crippen LogP contribution in [0.5, 0.6) is 0 Å². The summed E-state index contributed by atoms with van der Waals surface area (Å²) in [6.45, 7) is 9.13. The van der Waals surface area contributed by atoms with Gasteiger partial charge < -0.3 is 10.2 Å². The fourth-order valence-electron chi connectivity index (χ4n) is 3.07. The van der Waals surface area contributed by atoms with Crippen molar-refractivity contribution >= 4 is 5.91 Å². The number of rotatable bonds is 7. The van der Waals surface area contributed by atoms with Gasteiger partial charge in [0.05, 0.1) is 0 Å². The molecule has 1 aromatic carbocycles. The summed E-state index contributed by atoms with van der Waals surface area (Å²) in [5.74, 6) is 0.307. The van der Waals surface area contributed by atoms with E-state index in [4.69, 9.17) is 0 Å². The van der Waals surface area contributed by atoms with Gasteiger partial charge in [-0.25, -0.2) is 0 Å². The molecule has 0 bridgehead atoms. The highest BCUT2D eigenvalue weighted by molar-refractivity contribution is 5.78. The Morgan fingerprint density at radius 1 is 1.30 bits per heavy atom. The lowest BCUT2D eigenvalue weighted by atomic mass is 10.0. The van der Waals surface area contributed by atoms with Gasteiger partial charge in [0.25, 0.3) is 0 Å². The highest BCUT2D eigenvalue weighted by Gasteiger charge is 2.25. The van der Waals surface area contributed by atoms with Crippen LogP contribution < -0.4 is 5.32 Å². The summed E-state index contributed by atoms with van der Waals surface area (Å²) in [7, 11) is 2.19. The monoisotopic (exact) mass is 317 g/mol. The summed E-state index contributed by atoms with van der Waals surface area (Å²) < 4.78 is 0. The quantitative estimate of drug-likeness (QED) is 0.785. The Kier molecular flexibility index (Phi) is 7.06. The Labute approximate surface area is 140 Å². The first-order valence-electron chi connectivity index (χ1n) is 8.87. The van der Waals surface area contributed by atoms with Crippen molar-refractivity contribution in [2.75, 3.05) is 39.8 Å². The van der Waals surface area contributed by atoms with Crippen LogP contribution in [-0.4, -0.2) is 55.5 Å². The van der Waals surface area contributed by atoms with E-state index in [1.54, 1.807) is 0 Å². The molecule has 2 rings (SSSR count). The number of nitrogens with zero attached hydrogens (tertiary/aromatic N) is 2. The van der Waals surface area contributed by atoms with Crippen LogP contribution in [0, 0.1) is 5.92 Å². The minimum Gasteiger partial charge on any atom is -0.356 e. The molecule has 1 heterocycles. The predicted octanol–water partition coefficient (Wildman–Crippen LogP) is 2.53. The number of benzene rings is 1. The van der Waals surface area contributed by atoms with Gasteiger partial charge in [-0.3, -0.25) is 9.69 Å². The second-order valence-corrected chi connectivity index (χ2v) is 6.68. The molecule has 1 aliphatic rings. The molecule has 4 nitrogen and oxygen atoms in total. The molecule has 1 fully saturated rings. The predicted molar refractivity (Wildman–Crippen MR) is 95.3 cm³/mol. The molecule has 0 spiro atoms. The molecule has 0 aliphatic carbocycles. The fourth-order valence-corrected chi connectivity index (χ4v) is 3.07. The van der Waals surface area contributed by atoms with Crippen molar-refractivity contribution in [2.45, 2.75) is 32.7 Å². The zero-order chi connectivity index (χ0) is 16.7. The van der Waals surface area contributed by atoms with Gasteiger partial charge in [-0.05, 0) is 25.5 Å². The number of hydrogen-bond acceptors (Lipinski definition) is 3. The Morgan fingerprint density at radius 2 is 2.04 bits per heavy atom. The van der Waals surface area contributed by atoms with Crippen molar-refractivity contribution in [1.82, 2.24) is 15.1 Å². The largest absolute Gasteiger partial charge is 0.356 e. The van der Waals surface area contributed by atoms with Crippen molar-refractivity contribution < 1.29 is 4.79 Å². The Balaban J connectivity index is 1.84. The first kappa shape index (κ1) is 18.0. The molecule has 0 unspecified atom stereocenters. The number of nitrogens with one attached hydrogen (secondary N) is 1. The van der Waals surface area contributed by atoms with Crippen LogP contribution in [0.25, 0.3) is 0 Å². The molecule has 0 saturated carbocycles. The molecule has 0 radical (unpaired) electrons. The summed E-state index contributed by atoms with van der Waals surface area (Å²) in [6.07, 6.45) is 1.91. The van der Waals surface area contributed by atoms with Crippen LogP contribution in [-0.2, 0) is 4.79 Å². The number of carbonyl (C=O) groups excluding carboxylic acids is 1. The van der Waals surface area contributed by atoms with Crippen molar-refractivity contribution in [3.05, 3.63) is 35.9 Å². The van der Waals surface area contributed by atoms with E-state index >= 15 is 0 Å². The van der Waals surface area contributed by atoms with E-state index in [2.05, 4.69) is 59.4 Å². The summed E-state index contributed by atoms with van der Waals surface area (Å²) in [5, 5.41) is 3.06. The van der Waals surface area contributed by atoms with Gasteiger partial charge >= 0.3 is 0 Å². The van der Waals surface area contributed by atoms with E-state index in [0.29, 0.717) is 6.04 Å². The lowest BCUT2D eigenvalue weighted by Gasteiger charge is -2.40. The Hall–Kier alpha value is -1.39. The third kappa shape index (κ3) is 5.33. The molecular weight excluding hydrogens is 286 g/mol. The number of likely N-dealkylation sites (N-methyl/N-ethyl adjacent to an activating group) is 1. The van der Waals surface area contributed by atoms with Crippen LogP contribution in [0.3, 0.4) is 0 Å². The SMILES string of the molecule is CC[C@H](C)C(=O)NCCCN1CCN(C)C[C@@H]1c1ccccc1. The first-order chi connectivity index (χ1) is 11.1. The number of carbonyl (C=O) groups is 1. The van der Waals surface area contributed by atoms with Gasteiger partial charge in [0.1, 0.15) is 0 Å². The van der Waals surface area contributed by atoms with Crippen LogP contribution in [0.2, 0.25) is 0 Å². The fraction of sp³-hybridized carbons (Fsp3) is 0.632.